The molecule has 2 aliphatic rings. The van der Waals surface area contributed by atoms with Crippen molar-refractivity contribution in [1.82, 2.24) is 29.5 Å². The number of aromatic amines is 1. The van der Waals surface area contributed by atoms with Crippen LogP contribution in [0.3, 0.4) is 0 Å². The normalized spacial score (nSPS) is 20.9. The molecule has 11 atom stereocenters. The van der Waals surface area contributed by atoms with Crippen LogP contribution in [0.25, 0.3) is 11.2 Å². The molecular formula is C68H88N7O21P. The zero-order valence-electron chi connectivity index (χ0n) is 56.4. The molecule has 2 fully saturated rings. The Bertz CT molecular complexity index is 3490. The first kappa shape index (κ1) is 74.8. The molecule has 2 saturated heterocycles. The number of Topliss-reactive ketones (excluding diaryl/α,β-unsaturated/α-hetero) is 1. The molecule has 0 bridgehead atoms. The van der Waals surface area contributed by atoms with Gasteiger partial charge in [-0.15, -0.1) is 0 Å². The lowest BCUT2D eigenvalue weighted by Crippen LogP contribution is -2.66. The SMILES string of the molecule is COc1ccc(C(OC(C(=O)COc2ccccc2)[C@H]2O[C@@H](n3cnc4c(=O)[nH]c(N)nc43)[C@H](OC)[C@@H]2OP(CCOCCOCCOCCO[C@@H]2O[C@H](COC(C)=O)[C@H](OC(C)=O)[C@H](OC(C)=O)[C@H]2NC(C)=O)N(C(C)C)C(C)C)(c2ccccc2)c2ccc(OC)cc2)cc1. The molecule has 2 aliphatic heterocycles. The summed E-state index contributed by atoms with van der Waals surface area (Å²) in [7, 11) is 2.98. The number of nitrogens with two attached hydrogens (primary N) is 1. The van der Waals surface area contributed by atoms with Crippen LogP contribution in [-0.4, -0.2) is 208 Å². The largest absolute Gasteiger partial charge is 0.497 e. The Morgan fingerprint density at radius 2 is 1.24 bits per heavy atom. The van der Waals surface area contributed by atoms with E-state index in [1.807, 2.05) is 84.9 Å². The first-order valence-electron chi connectivity index (χ1n) is 31.8. The highest BCUT2D eigenvalue weighted by Crippen LogP contribution is 2.52. The summed E-state index contributed by atoms with van der Waals surface area (Å²) >= 11 is 0. The minimum atomic E-state index is -1.68. The number of fused-ring (bicyclic) bond motifs is 1. The fourth-order valence-corrected chi connectivity index (χ4v) is 14.0. The van der Waals surface area contributed by atoms with Crippen molar-refractivity contribution in [2.24, 2.45) is 0 Å². The molecule has 8 rings (SSSR count). The maximum atomic E-state index is 15.9. The van der Waals surface area contributed by atoms with Gasteiger partial charge in [0.1, 0.15) is 74.8 Å². The highest BCUT2D eigenvalue weighted by atomic mass is 31.2. The second kappa shape index (κ2) is 36.0. The number of H-pyrrole nitrogens is 1. The molecule has 4 heterocycles. The summed E-state index contributed by atoms with van der Waals surface area (Å²) in [5.41, 5.74) is 6.01. The minimum Gasteiger partial charge on any atom is -0.497 e. The number of para-hydroxylation sites is 1. The number of anilines is 1. The van der Waals surface area contributed by atoms with Gasteiger partial charge in [0.25, 0.3) is 5.56 Å². The molecule has 6 aromatic rings. The number of imidazole rings is 1. The Hall–Kier alpha value is -7.99. The van der Waals surface area contributed by atoms with Crippen LogP contribution in [0.15, 0.2) is 120 Å². The summed E-state index contributed by atoms with van der Waals surface area (Å²) in [6.07, 6.45) is -9.36. The summed E-state index contributed by atoms with van der Waals surface area (Å²) < 4.78 is 96.8. The van der Waals surface area contributed by atoms with Crippen molar-refractivity contribution in [2.45, 2.75) is 134 Å². The van der Waals surface area contributed by atoms with E-state index in [4.69, 9.17) is 76.6 Å². The molecule has 2 unspecified atom stereocenters. The van der Waals surface area contributed by atoms with Crippen LogP contribution in [0.1, 0.15) is 78.3 Å². The number of nitrogen functional groups attached to an aromatic ring is 1. The lowest BCUT2D eigenvalue weighted by molar-refractivity contribution is -0.279. The molecule has 526 valence electrons. The predicted octanol–water partition coefficient (Wildman–Crippen LogP) is 6.20. The van der Waals surface area contributed by atoms with E-state index in [9.17, 15) is 24.0 Å². The van der Waals surface area contributed by atoms with Gasteiger partial charge in [-0.3, -0.25) is 43.0 Å². The third-order valence-corrected chi connectivity index (χ3v) is 18.2. The van der Waals surface area contributed by atoms with Crippen LogP contribution in [0, 0.1) is 0 Å². The van der Waals surface area contributed by atoms with Crippen molar-refractivity contribution in [1.29, 1.82) is 0 Å². The third-order valence-electron chi connectivity index (χ3n) is 15.8. The first-order chi connectivity index (χ1) is 46.7. The highest BCUT2D eigenvalue weighted by molar-refractivity contribution is 7.50. The van der Waals surface area contributed by atoms with Crippen LogP contribution in [0.4, 0.5) is 5.95 Å². The van der Waals surface area contributed by atoms with E-state index >= 15 is 4.79 Å². The zero-order valence-corrected chi connectivity index (χ0v) is 57.2. The van der Waals surface area contributed by atoms with Crippen LogP contribution < -0.4 is 30.8 Å². The second-order valence-electron chi connectivity index (χ2n) is 23.2. The highest BCUT2D eigenvalue weighted by Gasteiger charge is 2.57. The van der Waals surface area contributed by atoms with Gasteiger partial charge in [0.05, 0.1) is 66.8 Å². The molecule has 0 aliphatic carbocycles. The number of esters is 3. The van der Waals surface area contributed by atoms with E-state index < -0.39 is 117 Å². The number of ether oxygens (including phenoxy) is 14. The summed E-state index contributed by atoms with van der Waals surface area (Å²) in [5.74, 6) is -1.69. The molecular weight excluding hydrogens is 1280 g/mol. The average molecular weight is 1370 g/mol. The van der Waals surface area contributed by atoms with E-state index in [1.165, 1.54) is 27.3 Å². The molecule has 2 aromatic heterocycles. The van der Waals surface area contributed by atoms with Crippen molar-refractivity contribution >= 4 is 55.0 Å². The van der Waals surface area contributed by atoms with Crippen molar-refractivity contribution in [2.75, 3.05) is 92.7 Å². The van der Waals surface area contributed by atoms with Gasteiger partial charge in [0.15, 0.2) is 42.0 Å². The third kappa shape index (κ3) is 19.4. The number of nitrogens with zero attached hydrogens (tertiary/aromatic N) is 4. The lowest BCUT2D eigenvalue weighted by Gasteiger charge is -2.44. The Morgan fingerprint density at radius 3 is 1.78 bits per heavy atom. The van der Waals surface area contributed by atoms with Gasteiger partial charge < -0.3 is 81.9 Å². The number of nitrogens with one attached hydrogen (secondary N) is 2. The number of methoxy groups -OCH3 is 3. The lowest BCUT2D eigenvalue weighted by atomic mass is 9.79. The van der Waals surface area contributed by atoms with E-state index in [2.05, 4.69) is 52.6 Å². The van der Waals surface area contributed by atoms with Gasteiger partial charge in [-0.1, -0.05) is 72.8 Å². The molecule has 0 spiro atoms. The average Bonchev–Trinajstić information content (AvgIpc) is 1.72. The fourth-order valence-electron chi connectivity index (χ4n) is 11.7. The van der Waals surface area contributed by atoms with E-state index in [-0.39, 0.29) is 82.1 Å². The zero-order chi connectivity index (χ0) is 69.8. The maximum Gasteiger partial charge on any atom is 0.303 e. The van der Waals surface area contributed by atoms with Crippen LogP contribution >= 0.6 is 8.30 Å². The first-order valence-corrected chi connectivity index (χ1v) is 33.2. The van der Waals surface area contributed by atoms with Gasteiger partial charge >= 0.3 is 17.9 Å². The number of hydrogen-bond donors (Lipinski definition) is 3. The molecule has 0 saturated carbocycles. The summed E-state index contributed by atoms with van der Waals surface area (Å²) in [4.78, 5) is 89.4. The van der Waals surface area contributed by atoms with Gasteiger partial charge in [-0.2, -0.15) is 4.98 Å². The van der Waals surface area contributed by atoms with Crippen molar-refractivity contribution in [3.05, 3.63) is 143 Å². The number of benzene rings is 4. The fraction of sp³-hybridized carbons (Fsp3) is 0.500. The standard InChI is InChI=1S/C68H88N7O21P/c1-41(2)75(42(3)4)97(37-36-87-33-32-85-30-31-86-34-35-88-66-55(71-43(5)76)59(92-46(8)79)58(91-45(7)78)54(93-66)39-89-44(6)77)96-61-60(94-65(62(61)84-11)74-40-70-56-63(74)72-67(69)73-64(56)81)57(53(80)38-90-52-20-16-13-17-21-52)95-68(47-18-14-12-15-19-47,48-22-26-50(82-9)27-23-48)49-24-28-51(83-10)29-25-49/h12-29,40-42,54-55,57-62,65-66H,30-39H2,1-11H3,(H,71,76)(H3,69,72,73,81)/t54-,55-,57?,58+,59-,60-,61-,62-,65-,66-,97?/m1/s1. The summed E-state index contributed by atoms with van der Waals surface area (Å²) in [6.45, 7) is 13.1. The molecule has 29 heteroatoms. The van der Waals surface area contributed by atoms with E-state index in [1.54, 1.807) is 43.1 Å². The maximum absolute atomic E-state index is 15.9. The minimum absolute atomic E-state index is 0.0166. The monoisotopic (exact) mass is 1370 g/mol. The van der Waals surface area contributed by atoms with Gasteiger partial charge in [0, 0.05) is 53.1 Å². The molecule has 1 amide bonds. The Morgan fingerprint density at radius 1 is 0.680 bits per heavy atom. The second-order valence-corrected chi connectivity index (χ2v) is 25.0. The quantitative estimate of drug-likeness (QED) is 0.0129. The van der Waals surface area contributed by atoms with Crippen LogP contribution in [-0.2, 0) is 86.2 Å². The number of aromatic nitrogens is 4. The molecule has 28 nitrogen and oxygen atoms in total. The Balaban J connectivity index is 1.04. The van der Waals surface area contributed by atoms with E-state index in [0.717, 1.165) is 13.8 Å². The van der Waals surface area contributed by atoms with Crippen LogP contribution in [0.5, 0.6) is 17.2 Å². The van der Waals surface area contributed by atoms with Gasteiger partial charge in [-0.05, 0) is 80.8 Å². The topological polar surface area (TPSA) is 329 Å². The van der Waals surface area contributed by atoms with Crippen LogP contribution in [0.2, 0.25) is 0 Å². The number of rotatable bonds is 37. The molecule has 97 heavy (non-hydrogen) atoms. The molecule has 0 radical (unpaired) electrons. The number of hydrogen-bond acceptors (Lipinski definition) is 25. The van der Waals surface area contributed by atoms with Gasteiger partial charge in [-0.25, -0.2) is 4.98 Å². The van der Waals surface area contributed by atoms with Crippen molar-refractivity contribution in [3.8, 4) is 17.2 Å². The number of amides is 1. The Labute approximate surface area is 564 Å². The number of carbonyl (C=O) groups is 5. The van der Waals surface area contributed by atoms with E-state index in [0.29, 0.717) is 40.1 Å². The summed E-state index contributed by atoms with van der Waals surface area (Å²) in [5, 5.41) is 2.67. The number of carbonyl (C=O) groups excluding carboxylic acids is 5. The predicted molar refractivity (Wildman–Crippen MR) is 353 cm³/mol. The van der Waals surface area contributed by atoms with Crippen molar-refractivity contribution < 1.29 is 94.8 Å². The molecule has 4 aromatic carbocycles. The Kier molecular flexibility index (Phi) is 27.8. The number of ketones is 1. The smallest absolute Gasteiger partial charge is 0.303 e. The van der Waals surface area contributed by atoms with Gasteiger partial charge in [0.2, 0.25) is 17.6 Å². The molecule has 4 N–H and O–H groups in total. The summed E-state index contributed by atoms with van der Waals surface area (Å²) in [6, 6.07) is 32.0. The van der Waals surface area contributed by atoms with Crippen molar-refractivity contribution in [3.63, 3.8) is 0 Å².